The summed E-state index contributed by atoms with van der Waals surface area (Å²) in [6.45, 7) is 11.1. The summed E-state index contributed by atoms with van der Waals surface area (Å²) >= 11 is 0. The van der Waals surface area contributed by atoms with Gasteiger partial charge in [-0.2, -0.15) is 0 Å². The molecule has 1 heterocycles. The molecule has 0 bridgehead atoms. The second kappa shape index (κ2) is 3.58. The zero-order valence-corrected chi connectivity index (χ0v) is 8.97. The van der Waals surface area contributed by atoms with Gasteiger partial charge < -0.3 is 10.2 Å². The summed E-state index contributed by atoms with van der Waals surface area (Å²) in [4.78, 5) is 2.64. The third-order valence-corrected chi connectivity index (χ3v) is 3.63. The Bertz CT molecular complexity index is 169. The van der Waals surface area contributed by atoms with Gasteiger partial charge in [-0.05, 0) is 37.3 Å². The molecule has 1 saturated heterocycles. The van der Waals surface area contributed by atoms with E-state index >= 15 is 0 Å². The maximum atomic E-state index is 3.45. The van der Waals surface area contributed by atoms with Crippen LogP contribution in [0.1, 0.15) is 26.7 Å². The monoisotopic (exact) mass is 182 g/mol. The molecule has 0 aromatic carbocycles. The molecule has 0 amide bonds. The first-order valence-electron chi connectivity index (χ1n) is 5.61. The first kappa shape index (κ1) is 9.47. The van der Waals surface area contributed by atoms with E-state index in [1.165, 1.54) is 45.6 Å². The van der Waals surface area contributed by atoms with Crippen molar-refractivity contribution in [2.45, 2.75) is 26.7 Å². The van der Waals surface area contributed by atoms with E-state index in [0.717, 1.165) is 5.92 Å². The Hall–Kier alpha value is -0.0800. The van der Waals surface area contributed by atoms with E-state index in [0.29, 0.717) is 5.41 Å². The first-order valence-corrected chi connectivity index (χ1v) is 5.61. The smallest absolute Gasteiger partial charge is 0.0107 e. The van der Waals surface area contributed by atoms with Gasteiger partial charge in [0.2, 0.25) is 0 Å². The molecule has 0 radical (unpaired) electrons. The number of hydrogen-bond acceptors (Lipinski definition) is 2. The number of rotatable bonds is 2. The van der Waals surface area contributed by atoms with Crippen LogP contribution in [0, 0.1) is 11.3 Å². The molecular weight excluding hydrogens is 160 g/mol. The zero-order valence-electron chi connectivity index (χ0n) is 8.97. The Kier molecular flexibility index (Phi) is 2.61. The van der Waals surface area contributed by atoms with Gasteiger partial charge in [0.25, 0.3) is 0 Å². The van der Waals surface area contributed by atoms with Crippen LogP contribution in [0.4, 0.5) is 0 Å². The van der Waals surface area contributed by atoms with E-state index in [1.54, 1.807) is 0 Å². The molecule has 1 unspecified atom stereocenters. The predicted octanol–water partition coefficient (Wildman–Crippen LogP) is 1.33. The van der Waals surface area contributed by atoms with E-state index < -0.39 is 0 Å². The van der Waals surface area contributed by atoms with Crippen molar-refractivity contribution in [3.05, 3.63) is 0 Å². The van der Waals surface area contributed by atoms with E-state index in [-0.39, 0.29) is 0 Å². The molecule has 2 aliphatic rings. The van der Waals surface area contributed by atoms with Gasteiger partial charge in [-0.3, -0.25) is 0 Å². The van der Waals surface area contributed by atoms with Gasteiger partial charge in [-0.1, -0.05) is 13.8 Å². The molecule has 0 spiro atoms. The highest BCUT2D eigenvalue weighted by Gasteiger charge is 2.45. The summed E-state index contributed by atoms with van der Waals surface area (Å²) in [5, 5.41) is 3.45. The van der Waals surface area contributed by atoms with E-state index in [1.807, 2.05) is 0 Å². The molecule has 76 valence electrons. The fourth-order valence-corrected chi connectivity index (χ4v) is 2.28. The fourth-order valence-electron chi connectivity index (χ4n) is 2.28. The highest BCUT2D eigenvalue weighted by molar-refractivity contribution is 4.96. The standard InChI is InChI=1S/C11H22N2/c1-11(2)8-10(11)9-13-6-3-4-12-5-7-13/h10,12H,3-9H2,1-2H3. The van der Waals surface area contributed by atoms with Crippen LogP contribution in [-0.2, 0) is 0 Å². The Morgan fingerprint density at radius 2 is 2.08 bits per heavy atom. The van der Waals surface area contributed by atoms with Gasteiger partial charge in [0.1, 0.15) is 0 Å². The Labute approximate surface area is 81.7 Å². The molecule has 0 aromatic heterocycles. The second-order valence-electron chi connectivity index (χ2n) is 5.29. The van der Waals surface area contributed by atoms with Crippen LogP contribution in [0.5, 0.6) is 0 Å². The average Bonchev–Trinajstić information content (AvgIpc) is 2.73. The zero-order chi connectivity index (χ0) is 9.31. The average molecular weight is 182 g/mol. The SMILES string of the molecule is CC1(C)CC1CN1CCCNCC1. The van der Waals surface area contributed by atoms with Gasteiger partial charge in [0.15, 0.2) is 0 Å². The Morgan fingerprint density at radius 1 is 1.31 bits per heavy atom. The molecule has 1 saturated carbocycles. The lowest BCUT2D eigenvalue weighted by molar-refractivity contribution is 0.266. The Morgan fingerprint density at radius 3 is 2.77 bits per heavy atom. The fraction of sp³-hybridized carbons (Fsp3) is 1.00. The van der Waals surface area contributed by atoms with Gasteiger partial charge >= 0.3 is 0 Å². The lowest BCUT2D eigenvalue weighted by Gasteiger charge is -2.20. The normalized spacial score (nSPS) is 34.2. The van der Waals surface area contributed by atoms with Gasteiger partial charge in [-0.15, -0.1) is 0 Å². The van der Waals surface area contributed by atoms with Crippen molar-refractivity contribution in [2.24, 2.45) is 11.3 Å². The summed E-state index contributed by atoms with van der Waals surface area (Å²) in [5.74, 6) is 0.977. The van der Waals surface area contributed by atoms with Crippen LogP contribution >= 0.6 is 0 Å². The topological polar surface area (TPSA) is 15.3 Å². The maximum Gasteiger partial charge on any atom is 0.0107 e. The molecule has 2 rings (SSSR count). The largest absolute Gasteiger partial charge is 0.315 e. The molecule has 13 heavy (non-hydrogen) atoms. The van der Waals surface area contributed by atoms with Crippen LogP contribution in [0.15, 0.2) is 0 Å². The van der Waals surface area contributed by atoms with Crippen LogP contribution in [0.3, 0.4) is 0 Å². The third-order valence-electron chi connectivity index (χ3n) is 3.63. The summed E-state index contributed by atoms with van der Waals surface area (Å²) < 4.78 is 0. The summed E-state index contributed by atoms with van der Waals surface area (Å²) in [5.41, 5.74) is 0.653. The molecule has 2 fully saturated rings. The minimum absolute atomic E-state index is 0.653. The molecule has 1 aliphatic heterocycles. The number of nitrogens with zero attached hydrogens (tertiary/aromatic N) is 1. The van der Waals surface area contributed by atoms with Crippen LogP contribution in [-0.4, -0.2) is 37.6 Å². The van der Waals surface area contributed by atoms with E-state index in [9.17, 15) is 0 Å². The van der Waals surface area contributed by atoms with Crippen molar-refractivity contribution in [1.29, 1.82) is 0 Å². The highest BCUT2D eigenvalue weighted by atomic mass is 15.2. The summed E-state index contributed by atoms with van der Waals surface area (Å²) in [7, 11) is 0. The van der Waals surface area contributed by atoms with Gasteiger partial charge in [0.05, 0.1) is 0 Å². The molecule has 1 N–H and O–H groups in total. The third kappa shape index (κ3) is 2.44. The minimum Gasteiger partial charge on any atom is -0.315 e. The quantitative estimate of drug-likeness (QED) is 0.693. The van der Waals surface area contributed by atoms with Crippen molar-refractivity contribution in [3.8, 4) is 0 Å². The number of nitrogens with one attached hydrogen (secondary N) is 1. The lowest BCUT2D eigenvalue weighted by atomic mass is 10.1. The van der Waals surface area contributed by atoms with E-state index in [2.05, 4.69) is 24.1 Å². The first-order chi connectivity index (χ1) is 6.18. The van der Waals surface area contributed by atoms with Crippen molar-refractivity contribution in [1.82, 2.24) is 10.2 Å². The second-order valence-corrected chi connectivity index (χ2v) is 5.29. The van der Waals surface area contributed by atoms with Gasteiger partial charge in [-0.25, -0.2) is 0 Å². The molecule has 0 aromatic rings. The van der Waals surface area contributed by atoms with Gasteiger partial charge in [0, 0.05) is 19.6 Å². The van der Waals surface area contributed by atoms with Crippen molar-refractivity contribution in [3.63, 3.8) is 0 Å². The molecule has 2 nitrogen and oxygen atoms in total. The lowest BCUT2D eigenvalue weighted by Crippen LogP contribution is -2.30. The van der Waals surface area contributed by atoms with Crippen LogP contribution in [0.2, 0.25) is 0 Å². The maximum absolute atomic E-state index is 3.45. The molecule has 1 atom stereocenters. The molecule has 1 aliphatic carbocycles. The summed E-state index contributed by atoms with van der Waals surface area (Å²) in [6.07, 6.45) is 2.77. The van der Waals surface area contributed by atoms with Crippen molar-refractivity contribution in [2.75, 3.05) is 32.7 Å². The predicted molar refractivity (Wildman–Crippen MR) is 55.8 cm³/mol. The van der Waals surface area contributed by atoms with Crippen molar-refractivity contribution >= 4 is 0 Å². The molecule has 2 heteroatoms. The van der Waals surface area contributed by atoms with E-state index in [4.69, 9.17) is 0 Å². The highest BCUT2D eigenvalue weighted by Crippen LogP contribution is 2.51. The van der Waals surface area contributed by atoms with Crippen LogP contribution < -0.4 is 5.32 Å². The molecular formula is C11H22N2. The van der Waals surface area contributed by atoms with Crippen molar-refractivity contribution < 1.29 is 0 Å². The van der Waals surface area contributed by atoms with Crippen LogP contribution in [0.25, 0.3) is 0 Å². The number of hydrogen-bond donors (Lipinski definition) is 1. The Balaban J connectivity index is 1.74. The summed E-state index contributed by atoms with van der Waals surface area (Å²) in [6, 6.07) is 0. The minimum atomic E-state index is 0.653.